The molecule has 5 nitrogen and oxygen atoms in total. The number of rotatable bonds is 6. The molecule has 1 fully saturated rings. The molecule has 2 rings (SSSR count). The molecule has 0 radical (unpaired) electrons. The molecule has 0 spiro atoms. The van der Waals surface area contributed by atoms with E-state index in [0.29, 0.717) is 12.6 Å². The van der Waals surface area contributed by atoms with E-state index in [9.17, 15) is 0 Å². The van der Waals surface area contributed by atoms with E-state index in [-0.39, 0.29) is 0 Å². The molecule has 2 N–H and O–H groups in total. The summed E-state index contributed by atoms with van der Waals surface area (Å²) in [7, 11) is 1.81. The van der Waals surface area contributed by atoms with Crippen LogP contribution in [0.4, 0.5) is 5.69 Å². The topological polar surface area (TPSA) is 48.9 Å². The van der Waals surface area contributed by atoms with Crippen LogP contribution in [0.1, 0.15) is 13.3 Å². The molecule has 1 heterocycles. The second-order valence-corrected chi connectivity index (χ2v) is 5.11. The average molecular weight is 290 g/mol. The van der Waals surface area contributed by atoms with Gasteiger partial charge in [0.1, 0.15) is 0 Å². The first-order valence-electron chi connectivity index (χ1n) is 7.68. The van der Waals surface area contributed by atoms with Gasteiger partial charge in [-0.2, -0.15) is 0 Å². The molecule has 0 bridgehead atoms. The normalized spacial score (nSPS) is 18.9. The van der Waals surface area contributed by atoms with Crippen molar-refractivity contribution in [3.63, 3.8) is 0 Å². The molecular formula is C16H26N4O. The van der Waals surface area contributed by atoms with Crippen LogP contribution in [-0.4, -0.2) is 51.9 Å². The second-order valence-electron chi connectivity index (χ2n) is 5.11. The number of nitrogens with zero attached hydrogens (tertiary/aromatic N) is 2. The van der Waals surface area contributed by atoms with Gasteiger partial charge in [0, 0.05) is 45.0 Å². The van der Waals surface area contributed by atoms with Gasteiger partial charge in [0.15, 0.2) is 5.96 Å². The van der Waals surface area contributed by atoms with Gasteiger partial charge in [-0.1, -0.05) is 18.2 Å². The first-order chi connectivity index (χ1) is 10.3. The fourth-order valence-corrected chi connectivity index (χ4v) is 2.53. The summed E-state index contributed by atoms with van der Waals surface area (Å²) in [5.41, 5.74) is 1.29. The number of para-hydroxylation sites is 1. The van der Waals surface area contributed by atoms with E-state index < -0.39 is 0 Å². The van der Waals surface area contributed by atoms with Gasteiger partial charge in [0.2, 0.25) is 0 Å². The van der Waals surface area contributed by atoms with E-state index in [4.69, 9.17) is 4.74 Å². The zero-order chi connectivity index (χ0) is 14.9. The lowest BCUT2D eigenvalue weighted by Crippen LogP contribution is -2.45. The standard InChI is InChI=1S/C16H26N4O/c1-3-21-12-10-18-16(17-2)19-14-9-11-20(13-14)15-7-5-4-6-8-15/h4-8,14H,3,9-13H2,1-2H3,(H2,17,18,19). The molecule has 1 saturated heterocycles. The van der Waals surface area contributed by atoms with Crippen molar-refractivity contribution in [2.24, 2.45) is 4.99 Å². The van der Waals surface area contributed by atoms with Gasteiger partial charge in [-0.3, -0.25) is 4.99 Å². The van der Waals surface area contributed by atoms with Crippen LogP contribution in [0, 0.1) is 0 Å². The summed E-state index contributed by atoms with van der Waals surface area (Å²) in [6.45, 7) is 6.33. The lowest BCUT2D eigenvalue weighted by atomic mass is 10.3. The third-order valence-corrected chi connectivity index (χ3v) is 3.62. The maximum absolute atomic E-state index is 5.32. The van der Waals surface area contributed by atoms with E-state index >= 15 is 0 Å². The molecule has 5 heteroatoms. The van der Waals surface area contributed by atoms with E-state index in [0.717, 1.165) is 38.6 Å². The highest BCUT2D eigenvalue weighted by Gasteiger charge is 2.23. The highest BCUT2D eigenvalue weighted by Crippen LogP contribution is 2.19. The SMILES string of the molecule is CCOCCNC(=NC)NC1CCN(c2ccccc2)C1. The average Bonchev–Trinajstić information content (AvgIpc) is 3.00. The summed E-state index contributed by atoms with van der Waals surface area (Å²) in [5, 5.41) is 6.77. The van der Waals surface area contributed by atoms with Crippen molar-refractivity contribution in [1.82, 2.24) is 10.6 Å². The lowest BCUT2D eigenvalue weighted by molar-refractivity contribution is 0.152. The smallest absolute Gasteiger partial charge is 0.191 e. The molecule has 0 amide bonds. The molecule has 1 aliphatic rings. The first-order valence-corrected chi connectivity index (χ1v) is 7.68. The third-order valence-electron chi connectivity index (χ3n) is 3.62. The van der Waals surface area contributed by atoms with Crippen LogP contribution in [-0.2, 0) is 4.74 Å². The molecule has 1 unspecified atom stereocenters. The van der Waals surface area contributed by atoms with Gasteiger partial charge in [0.25, 0.3) is 0 Å². The molecule has 0 saturated carbocycles. The summed E-state index contributed by atoms with van der Waals surface area (Å²) in [6.07, 6.45) is 1.13. The molecule has 1 aliphatic heterocycles. The number of guanidine groups is 1. The molecular weight excluding hydrogens is 264 g/mol. The molecule has 1 atom stereocenters. The van der Waals surface area contributed by atoms with Crippen LogP contribution < -0.4 is 15.5 Å². The van der Waals surface area contributed by atoms with Crippen LogP contribution in [0.3, 0.4) is 0 Å². The Morgan fingerprint density at radius 2 is 2.19 bits per heavy atom. The Morgan fingerprint density at radius 3 is 2.90 bits per heavy atom. The van der Waals surface area contributed by atoms with Crippen LogP contribution >= 0.6 is 0 Å². The number of anilines is 1. The number of benzene rings is 1. The molecule has 1 aromatic carbocycles. The zero-order valence-corrected chi connectivity index (χ0v) is 13.0. The summed E-state index contributed by atoms with van der Waals surface area (Å²) in [6, 6.07) is 11.0. The minimum absolute atomic E-state index is 0.434. The molecule has 116 valence electrons. The van der Waals surface area contributed by atoms with Crippen molar-refractivity contribution in [2.45, 2.75) is 19.4 Å². The predicted octanol–water partition coefficient (Wildman–Crippen LogP) is 1.47. The monoisotopic (exact) mass is 290 g/mol. The van der Waals surface area contributed by atoms with Crippen molar-refractivity contribution in [3.05, 3.63) is 30.3 Å². The lowest BCUT2D eigenvalue weighted by Gasteiger charge is -2.20. The Balaban J connectivity index is 1.76. The Morgan fingerprint density at radius 1 is 1.38 bits per heavy atom. The maximum atomic E-state index is 5.32. The van der Waals surface area contributed by atoms with Crippen molar-refractivity contribution >= 4 is 11.6 Å². The largest absolute Gasteiger partial charge is 0.380 e. The summed E-state index contributed by atoms with van der Waals surface area (Å²) < 4.78 is 5.32. The van der Waals surface area contributed by atoms with E-state index in [1.807, 2.05) is 6.92 Å². The number of ether oxygens (including phenoxy) is 1. The highest BCUT2D eigenvalue weighted by atomic mass is 16.5. The molecule has 1 aromatic rings. The summed E-state index contributed by atoms with van der Waals surface area (Å²) in [4.78, 5) is 6.68. The number of nitrogens with one attached hydrogen (secondary N) is 2. The van der Waals surface area contributed by atoms with E-state index in [1.165, 1.54) is 5.69 Å². The van der Waals surface area contributed by atoms with Crippen LogP contribution in [0.25, 0.3) is 0 Å². The van der Waals surface area contributed by atoms with E-state index in [1.54, 1.807) is 7.05 Å². The Kier molecular flexibility index (Phi) is 6.34. The number of hydrogen-bond acceptors (Lipinski definition) is 3. The molecule has 0 aliphatic carbocycles. The van der Waals surface area contributed by atoms with Crippen LogP contribution in [0.15, 0.2) is 35.3 Å². The Labute approximate surface area is 127 Å². The summed E-state index contributed by atoms with van der Waals surface area (Å²) in [5.74, 6) is 0.856. The van der Waals surface area contributed by atoms with Crippen molar-refractivity contribution in [3.8, 4) is 0 Å². The van der Waals surface area contributed by atoms with Gasteiger partial charge < -0.3 is 20.3 Å². The fourth-order valence-electron chi connectivity index (χ4n) is 2.53. The van der Waals surface area contributed by atoms with Crippen LogP contribution in [0.2, 0.25) is 0 Å². The van der Waals surface area contributed by atoms with Crippen molar-refractivity contribution in [2.75, 3.05) is 44.8 Å². The van der Waals surface area contributed by atoms with E-state index in [2.05, 4.69) is 50.9 Å². The minimum atomic E-state index is 0.434. The van der Waals surface area contributed by atoms with Crippen molar-refractivity contribution in [1.29, 1.82) is 0 Å². The van der Waals surface area contributed by atoms with Gasteiger partial charge >= 0.3 is 0 Å². The zero-order valence-electron chi connectivity index (χ0n) is 13.0. The Hall–Kier alpha value is -1.75. The third kappa shape index (κ3) is 4.93. The summed E-state index contributed by atoms with van der Waals surface area (Å²) >= 11 is 0. The van der Waals surface area contributed by atoms with Gasteiger partial charge in [-0.05, 0) is 25.5 Å². The number of aliphatic imine (C=N–C) groups is 1. The highest BCUT2D eigenvalue weighted by molar-refractivity contribution is 5.80. The van der Waals surface area contributed by atoms with Gasteiger partial charge in [0.05, 0.1) is 6.61 Å². The van der Waals surface area contributed by atoms with Crippen LogP contribution in [0.5, 0.6) is 0 Å². The minimum Gasteiger partial charge on any atom is -0.380 e. The predicted molar refractivity (Wildman–Crippen MR) is 88.1 cm³/mol. The Bertz CT molecular complexity index is 435. The second kappa shape index (κ2) is 8.52. The first kappa shape index (κ1) is 15.6. The molecule has 0 aromatic heterocycles. The number of hydrogen-bond donors (Lipinski definition) is 2. The van der Waals surface area contributed by atoms with Crippen molar-refractivity contribution < 1.29 is 4.74 Å². The van der Waals surface area contributed by atoms with Gasteiger partial charge in [-0.15, -0.1) is 0 Å². The quantitative estimate of drug-likeness (QED) is 0.473. The fraction of sp³-hybridized carbons (Fsp3) is 0.562. The van der Waals surface area contributed by atoms with Gasteiger partial charge in [-0.25, -0.2) is 0 Å². The maximum Gasteiger partial charge on any atom is 0.191 e. The molecule has 21 heavy (non-hydrogen) atoms.